The summed E-state index contributed by atoms with van der Waals surface area (Å²) in [5.41, 5.74) is 0. The smallest absolute Gasteiger partial charge is 0.258 e. The molecule has 1 amide bonds. The molecule has 130 valence electrons. The third-order valence-electron chi connectivity index (χ3n) is 3.50. The lowest BCUT2D eigenvalue weighted by Gasteiger charge is -2.23. The molecule has 1 heterocycles. The van der Waals surface area contributed by atoms with Gasteiger partial charge in [0, 0.05) is 11.4 Å². The number of hydrogen-bond donors (Lipinski definition) is 1. The minimum absolute atomic E-state index is 0.0331. The molecule has 0 saturated carbocycles. The molecule has 1 atom stereocenters. The van der Waals surface area contributed by atoms with Crippen LogP contribution in [0.4, 0.5) is 0 Å². The van der Waals surface area contributed by atoms with Crippen molar-refractivity contribution in [3.05, 3.63) is 46.7 Å². The van der Waals surface area contributed by atoms with Gasteiger partial charge in [-0.15, -0.1) is 11.3 Å². The van der Waals surface area contributed by atoms with Gasteiger partial charge in [-0.3, -0.25) is 4.79 Å². The second kappa shape index (κ2) is 9.30. The number of ether oxygens (including phenoxy) is 2. The SMILES string of the molecule is CCOc1ccccc1OCC(=O)NCC(c1cccs1)N(C)C. The van der Waals surface area contributed by atoms with Crippen molar-refractivity contribution in [1.29, 1.82) is 0 Å². The van der Waals surface area contributed by atoms with Gasteiger partial charge >= 0.3 is 0 Å². The summed E-state index contributed by atoms with van der Waals surface area (Å²) in [5.74, 6) is 1.08. The first-order chi connectivity index (χ1) is 11.6. The van der Waals surface area contributed by atoms with Crippen molar-refractivity contribution in [2.45, 2.75) is 13.0 Å². The number of amides is 1. The third kappa shape index (κ3) is 5.25. The topological polar surface area (TPSA) is 50.8 Å². The highest BCUT2D eigenvalue weighted by molar-refractivity contribution is 7.10. The van der Waals surface area contributed by atoms with Crippen LogP contribution < -0.4 is 14.8 Å². The second-order valence-electron chi connectivity index (χ2n) is 5.47. The van der Waals surface area contributed by atoms with Gasteiger partial charge in [0.15, 0.2) is 18.1 Å². The number of rotatable bonds is 9. The van der Waals surface area contributed by atoms with E-state index in [0.29, 0.717) is 24.7 Å². The van der Waals surface area contributed by atoms with E-state index in [2.05, 4.69) is 16.3 Å². The first kappa shape index (κ1) is 18.3. The van der Waals surface area contributed by atoms with Crippen molar-refractivity contribution in [1.82, 2.24) is 10.2 Å². The number of carbonyl (C=O) groups is 1. The number of carbonyl (C=O) groups excluding carboxylic acids is 1. The van der Waals surface area contributed by atoms with Crippen molar-refractivity contribution >= 4 is 17.2 Å². The predicted octanol–water partition coefficient (Wildman–Crippen LogP) is 2.94. The van der Waals surface area contributed by atoms with Gasteiger partial charge in [0.05, 0.1) is 12.6 Å². The molecule has 0 aliphatic heterocycles. The average Bonchev–Trinajstić information content (AvgIpc) is 3.08. The van der Waals surface area contributed by atoms with E-state index < -0.39 is 0 Å². The molecule has 6 heteroatoms. The van der Waals surface area contributed by atoms with Crippen LogP contribution in [-0.4, -0.2) is 44.7 Å². The third-order valence-corrected chi connectivity index (χ3v) is 4.47. The Balaban J connectivity index is 1.85. The Morgan fingerprint density at radius 2 is 1.88 bits per heavy atom. The maximum atomic E-state index is 12.1. The van der Waals surface area contributed by atoms with E-state index in [9.17, 15) is 4.79 Å². The number of benzene rings is 1. The number of thiophene rings is 1. The fourth-order valence-corrected chi connectivity index (χ4v) is 3.19. The normalized spacial score (nSPS) is 12.0. The highest BCUT2D eigenvalue weighted by Crippen LogP contribution is 2.26. The highest BCUT2D eigenvalue weighted by atomic mass is 32.1. The first-order valence-electron chi connectivity index (χ1n) is 7.93. The van der Waals surface area contributed by atoms with E-state index in [1.54, 1.807) is 17.4 Å². The fraction of sp³-hybridized carbons (Fsp3) is 0.389. The Morgan fingerprint density at radius 3 is 2.46 bits per heavy atom. The molecule has 1 unspecified atom stereocenters. The Hall–Kier alpha value is -2.05. The van der Waals surface area contributed by atoms with Gasteiger partial charge in [-0.2, -0.15) is 0 Å². The van der Waals surface area contributed by atoms with Crippen LogP contribution in [0.5, 0.6) is 11.5 Å². The lowest BCUT2D eigenvalue weighted by Crippen LogP contribution is -2.36. The summed E-state index contributed by atoms with van der Waals surface area (Å²) in [6.45, 7) is 2.98. The number of likely N-dealkylation sites (N-methyl/N-ethyl adjacent to an activating group) is 1. The van der Waals surface area contributed by atoms with Gasteiger partial charge in [0.25, 0.3) is 5.91 Å². The summed E-state index contributed by atoms with van der Waals surface area (Å²) in [6, 6.07) is 11.6. The van der Waals surface area contributed by atoms with Gasteiger partial charge in [0.1, 0.15) is 0 Å². The largest absolute Gasteiger partial charge is 0.490 e. The highest BCUT2D eigenvalue weighted by Gasteiger charge is 2.16. The molecule has 2 aromatic rings. The number of para-hydroxylation sites is 2. The molecule has 0 radical (unpaired) electrons. The monoisotopic (exact) mass is 348 g/mol. The number of nitrogens with one attached hydrogen (secondary N) is 1. The molecule has 1 aromatic heterocycles. The average molecular weight is 348 g/mol. The zero-order valence-electron chi connectivity index (χ0n) is 14.3. The summed E-state index contributed by atoms with van der Waals surface area (Å²) >= 11 is 1.69. The second-order valence-corrected chi connectivity index (χ2v) is 6.45. The molecule has 0 spiro atoms. The molecule has 0 fully saturated rings. The number of hydrogen-bond acceptors (Lipinski definition) is 5. The summed E-state index contributed by atoms with van der Waals surface area (Å²) in [6.07, 6.45) is 0. The van der Waals surface area contributed by atoms with Crippen molar-refractivity contribution < 1.29 is 14.3 Å². The molecule has 0 saturated heterocycles. The van der Waals surface area contributed by atoms with Crippen molar-refractivity contribution in [3.63, 3.8) is 0 Å². The van der Waals surface area contributed by atoms with Crippen LogP contribution in [0.15, 0.2) is 41.8 Å². The van der Waals surface area contributed by atoms with Crippen LogP contribution in [0, 0.1) is 0 Å². The lowest BCUT2D eigenvalue weighted by molar-refractivity contribution is -0.123. The molecule has 0 bridgehead atoms. The molecule has 2 rings (SSSR count). The van der Waals surface area contributed by atoms with Crippen LogP contribution in [0.1, 0.15) is 17.8 Å². The quantitative estimate of drug-likeness (QED) is 0.757. The minimum Gasteiger partial charge on any atom is -0.490 e. The van der Waals surface area contributed by atoms with Gasteiger partial charge in [-0.25, -0.2) is 0 Å². The molecule has 1 N–H and O–H groups in total. The summed E-state index contributed by atoms with van der Waals surface area (Å²) < 4.78 is 11.1. The van der Waals surface area contributed by atoms with Crippen molar-refractivity contribution in [2.75, 3.05) is 33.9 Å². The van der Waals surface area contributed by atoms with Crippen molar-refractivity contribution in [3.8, 4) is 11.5 Å². The van der Waals surface area contributed by atoms with E-state index in [1.165, 1.54) is 4.88 Å². The maximum absolute atomic E-state index is 12.1. The molecule has 5 nitrogen and oxygen atoms in total. The number of nitrogens with zero attached hydrogens (tertiary/aromatic N) is 1. The van der Waals surface area contributed by atoms with E-state index in [4.69, 9.17) is 9.47 Å². The van der Waals surface area contributed by atoms with E-state index >= 15 is 0 Å². The van der Waals surface area contributed by atoms with E-state index in [0.717, 1.165) is 0 Å². The van der Waals surface area contributed by atoms with Crippen LogP contribution in [0.2, 0.25) is 0 Å². The molecule has 1 aromatic carbocycles. The molecule has 0 aliphatic rings. The Labute approximate surface area is 147 Å². The predicted molar refractivity (Wildman–Crippen MR) is 96.9 cm³/mol. The minimum atomic E-state index is -0.148. The van der Waals surface area contributed by atoms with E-state index in [-0.39, 0.29) is 18.6 Å². The van der Waals surface area contributed by atoms with Crippen LogP contribution >= 0.6 is 11.3 Å². The van der Waals surface area contributed by atoms with Crippen LogP contribution in [-0.2, 0) is 4.79 Å². The van der Waals surface area contributed by atoms with Crippen LogP contribution in [0.3, 0.4) is 0 Å². The fourth-order valence-electron chi connectivity index (χ4n) is 2.27. The van der Waals surface area contributed by atoms with Gasteiger partial charge in [-0.05, 0) is 44.6 Å². The summed E-state index contributed by atoms with van der Waals surface area (Å²) in [7, 11) is 4.01. The first-order valence-corrected chi connectivity index (χ1v) is 8.81. The van der Waals surface area contributed by atoms with Gasteiger partial charge in [0.2, 0.25) is 0 Å². The molecular weight excluding hydrogens is 324 g/mol. The molecular formula is C18H24N2O3S. The summed E-state index contributed by atoms with van der Waals surface area (Å²) in [5, 5.41) is 4.98. The van der Waals surface area contributed by atoms with Gasteiger partial charge in [-0.1, -0.05) is 18.2 Å². The Morgan fingerprint density at radius 1 is 1.17 bits per heavy atom. The van der Waals surface area contributed by atoms with Crippen molar-refractivity contribution in [2.24, 2.45) is 0 Å². The Kier molecular flexibility index (Phi) is 7.08. The standard InChI is InChI=1S/C18H24N2O3S/c1-4-22-15-8-5-6-9-16(15)23-13-18(21)19-12-14(20(2)3)17-10-7-11-24-17/h5-11,14H,4,12-13H2,1-3H3,(H,19,21). The molecule has 0 aliphatic carbocycles. The Bertz CT molecular complexity index is 629. The zero-order valence-corrected chi connectivity index (χ0v) is 15.1. The lowest BCUT2D eigenvalue weighted by atomic mass is 10.2. The maximum Gasteiger partial charge on any atom is 0.258 e. The van der Waals surface area contributed by atoms with Crippen LogP contribution in [0.25, 0.3) is 0 Å². The van der Waals surface area contributed by atoms with E-state index in [1.807, 2.05) is 50.7 Å². The zero-order chi connectivity index (χ0) is 17.4. The summed E-state index contributed by atoms with van der Waals surface area (Å²) in [4.78, 5) is 15.4. The van der Waals surface area contributed by atoms with Gasteiger partial charge < -0.3 is 19.7 Å². The molecule has 24 heavy (non-hydrogen) atoms.